The van der Waals surface area contributed by atoms with Gasteiger partial charge in [0.1, 0.15) is 0 Å². The van der Waals surface area contributed by atoms with Crippen molar-refractivity contribution in [3.63, 3.8) is 0 Å². The molecule has 110 valence electrons. The molecule has 0 aliphatic heterocycles. The normalized spacial score (nSPS) is 10.5. The van der Waals surface area contributed by atoms with Crippen LogP contribution in [0.25, 0.3) is 0 Å². The molecular formula is C12H22N2O5. The van der Waals surface area contributed by atoms with E-state index in [9.17, 15) is 14.4 Å². The number of rotatable bonds is 7. The summed E-state index contributed by atoms with van der Waals surface area (Å²) in [4.78, 5) is 37.3. The summed E-state index contributed by atoms with van der Waals surface area (Å²) in [5.74, 6) is -1.20. The maximum Gasteiger partial charge on any atom is 0.319 e. The first-order valence-corrected chi connectivity index (χ1v) is 5.93. The molecule has 0 fully saturated rings. The Kier molecular flexibility index (Phi) is 7.74. The number of carbonyl (C=O) groups is 3. The maximum atomic E-state index is 11.9. The lowest BCUT2D eigenvalue weighted by Gasteiger charge is -2.25. The van der Waals surface area contributed by atoms with Crippen LogP contribution in [-0.2, 0) is 23.9 Å². The molecule has 0 unspecified atom stereocenters. The predicted octanol–water partition coefficient (Wildman–Crippen LogP) is -0.499. The monoisotopic (exact) mass is 274 g/mol. The highest BCUT2D eigenvalue weighted by Crippen LogP contribution is 1.98. The standard InChI is InChI=1S/C12H22N2O5/c1-9(2)13(3)10(15)6-14(7-11(16)18-4)8-12(17)19-5/h9H,6-8H2,1-5H3. The first kappa shape index (κ1) is 17.4. The number of ether oxygens (including phenoxy) is 2. The van der Waals surface area contributed by atoms with Gasteiger partial charge in [-0.15, -0.1) is 0 Å². The molecular weight excluding hydrogens is 252 g/mol. The third kappa shape index (κ3) is 6.76. The smallest absolute Gasteiger partial charge is 0.319 e. The number of nitrogens with zero attached hydrogens (tertiary/aromatic N) is 2. The van der Waals surface area contributed by atoms with Gasteiger partial charge in [-0.2, -0.15) is 0 Å². The second-order valence-corrected chi connectivity index (χ2v) is 4.40. The Morgan fingerprint density at radius 2 is 1.37 bits per heavy atom. The van der Waals surface area contributed by atoms with Crippen molar-refractivity contribution in [1.29, 1.82) is 0 Å². The summed E-state index contributed by atoms with van der Waals surface area (Å²) in [6, 6.07) is 0.0469. The molecule has 0 N–H and O–H groups in total. The molecule has 0 saturated heterocycles. The predicted molar refractivity (Wildman–Crippen MR) is 68.4 cm³/mol. The van der Waals surface area contributed by atoms with Crippen LogP contribution in [0.5, 0.6) is 0 Å². The Morgan fingerprint density at radius 1 is 0.947 bits per heavy atom. The molecule has 0 radical (unpaired) electrons. The van der Waals surface area contributed by atoms with E-state index in [-0.39, 0.29) is 31.6 Å². The zero-order chi connectivity index (χ0) is 15.0. The molecule has 0 rings (SSSR count). The Bertz CT molecular complexity index is 312. The second-order valence-electron chi connectivity index (χ2n) is 4.40. The minimum atomic E-state index is -0.510. The van der Waals surface area contributed by atoms with Gasteiger partial charge < -0.3 is 14.4 Å². The van der Waals surface area contributed by atoms with Gasteiger partial charge >= 0.3 is 11.9 Å². The molecule has 0 aliphatic carbocycles. The SMILES string of the molecule is COC(=O)CN(CC(=O)OC)CC(=O)N(C)C(C)C. The number of carbonyl (C=O) groups excluding carboxylic acids is 3. The zero-order valence-corrected chi connectivity index (χ0v) is 12.1. The van der Waals surface area contributed by atoms with Gasteiger partial charge in [0.2, 0.25) is 5.91 Å². The van der Waals surface area contributed by atoms with Gasteiger partial charge in [-0.25, -0.2) is 0 Å². The number of likely N-dealkylation sites (N-methyl/N-ethyl adjacent to an activating group) is 1. The van der Waals surface area contributed by atoms with Crippen LogP contribution in [0.15, 0.2) is 0 Å². The van der Waals surface area contributed by atoms with Crippen LogP contribution in [0, 0.1) is 0 Å². The van der Waals surface area contributed by atoms with Gasteiger partial charge in [0.25, 0.3) is 0 Å². The molecule has 0 spiro atoms. The molecule has 0 bridgehead atoms. The van der Waals surface area contributed by atoms with Gasteiger partial charge in [-0.3, -0.25) is 19.3 Å². The number of hydrogen-bond donors (Lipinski definition) is 0. The first-order valence-electron chi connectivity index (χ1n) is 5.93. The average Bonchev–Trinajstić information content (AvgIpc) is 2.36. The summed E-state index contributed by atoms with van der Waals surface area (Å²) in [7, 11) is 4.17. The summed E-state index contributed by atoms with van der Waals surface area (Å²) in [6.07, 6.45) is 0. The van der Waals surface area contributed by atoms with Gasteiger partial charge in [0.15, 0.2) is 0 Å². The van der Waals surface area contributed by atoms with Crippen molar-refractivity contribution in [3.05, 3.63) is 0 Å². The lowest BCUT2D eigenvalue weighted by molar-refractivity contribution is -0.146. The average molecular weight is 274 g/mol. The highest BCUT2D eigenvalue weighted by molar-refractivity contribution is 5.81. The van der Waals surface area contributed by atoms with Crippen molar-refractivity contribution >= 4 is 17.8 Å². The van der Waals surface area contributed by atoms with Gasteiger partial charge in [0, 0.05) is 13.1 Å². The van der Waals surface area contributed by atoms with Crippen LogP contribution in [0.4, 0.5) is 0 Å². The summed E-state index contributed by atoms with van der Waals surface area (Å²) in [6.45, 7) is 3.44. The molecule has 19 heavy (non-hydrogen) atoms. The Balaban J connectivity index is 4.61. The molecule has 0 atom stereocenters. The summed E-state index contributed by atoms with van der Waals surface area (Å²) in [5.41, 5.74) is 0. The van der Waals surface area contributed by atoms with E-state index < -0.39 is 11.9 Å². The number of esters is 2. The Labute approximate surface area is 113 Å². The molecule has 0 aromatic rings. The molecule has 7 nitrogen and oxygen atoms in total. The fourth-order valence-corrected chi connectivity index (χ4v) is 1.25. The van der Waals surface area contributed by atoms with Gasteiger partial charge in [-0.1, -0.05) is 0 Å². The maximum absolute atomic E-state index is 11.9. The van der Waals surface area contributed by atoms with E-state index in [1.807, 2.05) is 13.8 Å². The second kappa shape index (κ2) is 8.47. The van der Waals surface area contributed by atoms with Crippen molar-refractivity contribution in [2.24, 2.45) is 0 Å². The van der Waals surface area contributed by atoms with E-state index in [4.69, 9.17) is 0 Å². The fraction of sp³-hybridized carbons (Fsp3) is 0.750. The number of hydrogen-bond acceptors (Lipinski definition) is 6. The highest BCUT2D eigenvalue weighted by atomic mass is 16.5. The van der Waals surface area contributed by atoms with E-state index in [0.717, 1.165) is 0 Å². The van der Waals surface area contributed by atoms with Crippen LogP contribution in [-0.4, -0.2) is 74.6 Å². The molecule has 1 amide bonds. The Hall–Kier alpha value is -1.63. The van der Waals surface area contributed by atoms with E-state index in [0.29, 0.717) is 0 Å². The van der Waals surface area contributed by atoms with Crippen molar-refractivity contribution in [1.82, 2.24) is 9.80 Å². The zero-order valence-electron chi connectivity index (χ0n) is 12.1. The fourth-order valence-electron chi connectivity index (χ4n) is 1.25. The largest absolute Gasteiger partial charge is 0.468 e. The van der Waals surface area contributed by atoms with Crippen LogP contribution >= 0.6 is 0 Å². The lowest BCUT2D eigenvalue weighted by atomic mass is 10.3. The molecule has 0 aromatic carbocycles. The molecule has 0 heterocycles. The molecule has 0 aliphatic rings. The van der Waals surface area contributed by atoms with Crippen LogP contribution in [0.1, 0.15) is 13.8 Å². The van der Waals surface area contributed by atoms with Crippen LogP contribution < -0.4 is 0 Å². The first-order chi connectivity index (χ1) is 8.81. The molecule has 0 saturated carbocycles. The van der Waals surface area contributed by atoms with Crippen molar-refractivity contribution < 1.29 is 23.9 Å². The van der Waals surface area contributed by atoms with E-state index in [1.165, 1.54) is 19.1 Å². The number of methoxy groups -OCH3 is 2. The summed E-state index contributed by atoms with van der Waals surface area (Å²) in [5, 5.41) is 0. The minimum absolute atomic E-state index is 0.0428. The van der Waals surface area contributed by atoms with Crippen molar-refractivity contribution in [2.45, 2.75) is 19.9 Å². The van der Waals surface area contributed by atoms with Gasteiger partial charge in [-0.05, 0) is 13.8 Å². The quantitative estimate of drug-likeness (QED) is 0.583. The van der Waals surface area contributed by atoms with Crippen molar-refractivity contribution in [3.8, 4) is 0 Å². The van der Waals surface area contributed by atoms with E-state index in [1.54, 1.807) is 11.9 Å². The van der Waals surface area contributed by atoms with Crippen LogP contribution in [0.3, 0.4) is 0 Å². The van der Waals surface area contributed by atoms with Gasteiger partial charge in [0.05, 0.1) is 33.9 Å². The van der Waals surface area contributed by atoms with E-state index in [2.05, 4.69) is 9.47 Å². The van der Waals surface area contributed by atoms with Crippen molar-refractivity contribution in [2.75, 3.05) is 40.9 Å². The lowest BCUT2D eigenvalue weighted by Crippen LogP contribution is -2.45. The topological polar surface area (TPSA) is 76.1 Å². The van der Waals surface area contributed by atoms with Crippen LogP contribution in [0.2, 0.25) is 0 Å². The molecule has 7 heteroatoms. The van der Waals surface area contributed by atoms with E-state index >= 15 is 0 Å². The summed E-state index contributed by atoms with van der Waals surface area (Å²) >= 11 is 0. The third-order valence-electron chi connectivity index (χ3n) is 2.69. The Morgan fingerprint density at radius 3 is 1.68 bits per heavy atom. The minimum Gasteiger partial charge on any atom is -0.468 e. The summed E-state index contributed by atoms with van der Waals surface area (Å²) < 4.78 is 9.06. The molecule has 0 aromatic heterocycles. The highest BCUT2D eigenvalue weighted by Gasteiger charge is 2.21. The number of amides is 1. The third-order valence-corrected chi connectivity index (χ3v) is 2.69.